The second kappa shape index (κ2) is 11.2. The molecular weight excluding hydrogens is 402 g/mol. The third-order valence-corrected chi connectivity index (χ3v) is 6.35. The molecule has 172 valence electrons. The van der Waals surface area contributed by atoms with Crippen LogP contribution in [0.5, 0.6) is 5.75 Å². The molecule has 7 heteroatoms. The topological polar surface area (TPSA) is 52.6 Å². The van der Waals surface area contributed by atoms with E-state index < -0.39 is 0 Å². The van der Waals surface area contributed by atoms with E-state index in [0.717, 1.165) is 70.7 Å². The minimum atomic E-state index is 0.303. The van der Waals surface area contributed by atoms with Gasteiger partial charge in [0.15, 0.2) is 5.96 Å². The number of aliphatic imine (C=N–C) groups is 1. The Morgan fingerprint density at radius 3 is 2.28 bits per heavy atom. The number of anilines is 1. The quantitative estimate of drug-likeness (QED) is 0.554. The largest absolute Gasteiger partial charge is 0.497 e. The van der Waals surface area contributed by atoms with Crippen LogP contribution in [0.1, 0.15) is 11.6 Å². The molecular formula is C25H35N5O2. The number of nitrogens with zero attached hydrogens (tertiary/aromatic N) is 4. The van der Waals surface area contributed by atoms with Crippen molar-refractivity contribution in [2.24, 2.45) is 4.99 Å². The van der Waals surface area contributed by atoms with Crippen LogP contribution in [0.15, 0.2) is 59.6 Å². The Kier molecular flexibility index (Phi) is 7.85. The van der Waals surface area contributed by atoms with E-state index in [9.17, 15) is 0 Å². The van der Waals surface area contributed by atoms with Gasteiger partial charge in [0.1, 0.15) is 5.75 Å². The first-order valence-corrected chi connectivity index (χ1v) is 11.5. The number of hydrogen-bond acceptors (Lipinski definition) is 5. The molecule has 2 fully saturated rings. The number of ether oxygens (including phenoxy) is 2. The van der Waals surface area contributed by atoms with E-state index in [1.165, 1.54) is 11.3 Å². The third kappa shape index (κ3) is 5.53. The van der Waals surface area contributed by atoms with Gasteiger partial charge in [-0.25, -0.2) is 0 Å². The van der Waals surface area contributed by atoms with Crippen LogP contribution in [0.25, 0.3) is 0 Å². The van der Waals surface area contributed by atoms with Crippen molar-refractivity contribution >= 4 is 11.6 Å². The summed E-state index contributed by atoms with van der Waals surface area (Å²) in [4.78, 5) is 11.9. The Balaban J connectivity index is 1.35. The summed E-state index contributed by atoms with van der Waals surface area (Å²) in [7, 11) is 3.58. The van der Waals surface area contributed by atoms with Gasteiger partial charge in [0, 0.05) is 58.5 Å². The van der Waals surface area contributed by atoms with Gasteiger partial charge in [0.2, 0.25) is 0 Å². The van der Waals surface area contributed by atoms with Gasteiger partial charge < -0.3 is 24.6 Å². The Labute approximate surface area is 191 Å². The van der Waals surface area contributed by atoms with E-state index in [2.05, 4.69) is 67.5 Å². The molecule has 7 nitrogen and oxygen atoms in total. The Bertz CT molecular complexity index is 844. The fraction of sp³-hybridized carbons (Fsp3) is 0.480. The number of hydrogen-bond donors (Lipinski definition) is 1. The first-order valence-electron chi connectivity index (χ1n) is 11.5. The van der Waals surface area contributed by atoms with Gasteiger partial charge in [-0.1, -0.05) is 30.3 Å². The van der Waals surface area contributed by atoms with Gasteiger partial charge in [0.05, 0.1) is 26.4 Å². The highest BCUT2D eigenvalue weighted by atomic mass is 16.5. The number of methoxy groups -OCH3 is 1. The smallest absolute Gasteiger partial charge is 0.193 e. The number of morpholine rings is 1. The van der Waals surface area contributed by atoms with Crippen LogP contribution in [0.4, 0.5) is 5.69 Å². The fourth-order valence-corrected chi connectivity index (χ4v) is 4.51. The lowest BCUT2D eigenvalue weighted by Gasteiger charge is -2.39. The molecule has 1 atom stereocenters. The van der Waals surface area contributed by atoms with Crippen LogP contribution in [-0.2, 0) is 4.74 Å². The maximum absolute atomic E-state index is 5.58. The van der Waals surface area contributed by atoms with Gasteiger partial charge in [-0.15, -0.1) is 0 Å². The maximum atomic E-state index is 5.58. The van der Waals surface area contributed by atoms with Gasteiger partial charge >= 0.3 is 0 Å². The van der Waals surface area contributed by atoms with Crippen molar-refractivity contribution in [1.29, 1.82) is 0 Å². The van der Waals surface area contributed by atoms with Crippen molar-refractivity contribution in [1.82, 2.24) is 15.1 Å². The molecule has 0 saturated carbocycles. The lowest BCUT2D eigenvalue weighted by atomic mass is 10.0. The summed E-state index contributed by atoms with van der Waals surface area (Å²) in [5.41, 5.74) is 2.58. The summed E-state index contributed by atoms with van der Waals surface area (Å²) in [5, 5.41) is 3.66. The fourth-order valence-electron chi connectivity index (χ4n) is 4.51. The Hall–Kier alpha value is -2.77. The summed E-state index contributed by atoms with van der Waals surface area (Å²) in [6.45, 7) is 8.17. The minimum Gasteiger partial charge on any atom is -0.497 e. The highest BCUT2D eigenvalue weighted by Gasteiger charge is 2.25. The van der Waals surface area contributed by atoms with Gasteiger partial charge in [-0.2, -0.15) is 0 Å². The molecule has 2 aromatic rings. The molecule has 0 amide bonds. The average Bonchev–Trinajstić information content (AvgIpc) is 2.88. The van der Waals surface area contributed by atoms with Crippen LogP contribution >= 0.6 is 0 Å². The second-order valence-corrected chi connectivity index (χ2v) is 8.18. The predicted molar refractivity (Wildman–Crippen MR) is 130 cm³/mol. The molecule has 2 heterocycles. The highest BCUT2D eigenvalue weighted by Crippen LogP contribution is 2.22. The van der Waals surface area contributed by atoms with Crippen molar-refractivity contribution in [3.63, 3.8) is 0 Å². The molecule has 2 aromatic carbocycles. The van der Waals surface area contributed by atoms with Crippen LogP contribution in [0.2, 0.25) is 0 Å². The lowest BCUT2D eigenvalue weighted by molar-refractivity contribution is 0.0169. The molecule has 1 N–H and O–H groups in total. The van der Waals surface area contributed by atoms with Crippen molar-refractivity contribution in [2.75, 3.05) is 78.1 Å². The third-order valence-electron chi connectivity index (χ3n) is 6.35. The van der Waals surface area contributed by atoms with Gasteiger partial charge in [-0.05, 0) is 29.8 Å². The molecule has 2 saturated heterocycles. The van der Waals surface area contributed by atoms with Crippen LogP contribution in [0.3, 0.4) is 0 Å². The maximum Gasteiger partial charge on any atom is 0.193 e. The zero-order chi connectivity index (χ0) is 22.2. The summed E-state index contributed by atoms with van der Waals surface area (Å²) >= 11 is 0. The molecule has 0 spiro atoms. The van der Waals surface area contributed by atoms with E-state index in [1.54, 1.807) is 7.11 Å². The molecule has 0 aromatic heterocycles. The number of benzene rings is 2. The number of nitrogens with one attached hydrogen (secondary N) is 1. The zero-order valence-corrected chi connectivity index (χ0v) is 19.2. The molecule has 1 unspecified atom stereocenters. The van der Waals surface area contributed by atoms with Crippen molar-refractivity contribution < 1.29 is 9.47 Å². The van der Waals surface area contributed by atoms with E-state index in [4.69, 9.17) is 9.47 Å². The van der Waals surface area contributed by atoms with Gasteiger partial charge in [-0.3, -0.25) is 9.89 Å². The normalized spacial score (nSPS) is 19.0. The van der Waals surface area contributed by atoms with Crippen LogP contribution in [0, 0.1) is 0 Å². The zero-order valence-electron chi connectivity index (χ0n) is 19.2. The van der Waals surface area contributed by atoms with E-state index >= 15 is 0 Å². The average molecular weight is 438 g/mol. The molecule has 0 radical (unpaired) electrons. The van der Waals surface area contributed by atoms with Crippen molar-refractivity contribution in [2.45, 2.75) is 6.04 Å². The summed E-state index contributed by atoms with van der Waals surface area (Å²) in [6.07, 6.45) is 0. The molecule has 32 heavy (non-hydrogen) atoms. The molecule has 0 aliphatic carbocycles. The summed E-state index contributed by atoms with van der Waals surface area (Å²) < 4.78 is 10.9. The first-order chi connectivity index (χ1) is 15.8. The summed E-state index contributed by atoms with van der Waals surface area (Å²) in [5.74, 6) is 1.87. The predicted octanol–water partition coefficient (Wildman–Crippen LogP) is 2.47. The molecule has 2 aliphatic heterocycles. The SMILES string of the molecule is CN=C(NCC(c1ccccc1)N1CCOCC1)N1CCN(c2ccc(OC)cc2)CC1. The van der Waals surface area contributed by atoms with E-state index in [0.29, 0.717) is 6.04 Å². The van der Waals surface area contributed by atoms with Gasteiger partial charge in [0.25, 0.3) is 0 Å². The monoisotopic (exact) mass is 437 g/mol. The number of rotatable bonds is 6. The Morgan fingerprint density at radius 2 is 1.66 bits per heavy atom. The second-order valence-electron chi connectivity index (χ2n) is 8.18. The van der Waals surface area contributed by atoms with Crippen molar-refractivity contribution in [3.05, 3.63) is 60.2 Å². The molecule has 2 aliphatic rings. The lowest BCUT2D eigenvalue weighted by Crippen LogP contribution is -2.54. The van der Waals surface area contributed by atoms with Crippen LogP contribution < -0.4 is 15.0 Å². The number of guanidine groups is 1. The van der Waals surface area contributed by atoms with E-state index in [1.807, 2.05) is 19.2 Å². The molecule has 4 rings (SSSR count). The number of piperazine rings is 1. The first kappa shape index (κ1) is 22.4. The highest BCUT2D eigenvalue weighted by molar-refractivity contribution is 5.80. The molecule has 0 bridgehead atoms. The van der Waals surface area contributed by atoms with Crippen molar-refractivity contribution in [3.8, 4) is 5.75 Å². The van der Waals surface area contributed by atoms with Crippen LogP contribution in [-0.4, -0.2) is 88.9 Å². The minimum absolute atomic E-state index is 0.303. The summed E-state index contributed by atoms with van der Waals surface area (Å²) in [6, 6.07) is 19.4. The van der Waals surface area contributed by atoms with E-state index in [-0.39, 0.29) is 0 Å². The Morgan fingerprint density at radius 1 is 0.969 bits per heavy atom. The standard InChI is InChI=1S/C25H35N5O2/c1-26-25(30-14-12-28(13-15-30)22-8-10-23(31-2)11-9-22)27-20-24(21-6-4-3-5-7-21)29-16-18-32-19-17-29/h3-11,24H,12-20H2,1-2H3,(H,26,27).